The van der Waals surface area contributed by atoms with E-state index in [1.165, 1.54) is 37.0 Å². The Balaban J connectivity index is 2.09. The first kappa shape index (κ1) is 20.5. The van der Waals surface area contributed by atoms with E-state index < -0.39 is 11.9 Å². The first-order valence-electron chi connectivity index (χ1n) is 8.16. The predicted octanol–water partition coefficient (Wildman–Crippen LogP) is 4.15. The van der Waals surface area contributed by atoms with Gasteiger partial charge in [0.1, 0.15) is 5.75 Å². The van der Waals surface area contributed by atoms with Crippen molar-refractivity contribution in [3.63, 3.8) is 0 Å². The number of ether oxygens (including phenoxy) is 2. The van der Waals surface area contributed by atoms with E-state index in [1.54, 1.807) is 24.3 Å². The summed E-state index contributed by atoms with van der Waals surface area (Å²) in [6, 6.07) is 11.0. The summed E-state index contributed by atoms with van der Waals surface area (Å²) in [7, 11) is 2.83. The molecule has 0 radical (unpaired) electrons. The third-order valence-corrected chi connectivity index (χ3v) is 4.50. The molecule has 10 heteroatoms. The van der Waals surface area contributed by atoms with Crippen LogP contribution in [0, 0.1) is 0 Å². The smallest absolute Gasteiger partial charge is 0.356 e. The lowest BCUT2D eigenvalue weighted by Crippen LogP contribution is -2.16. The second kappa shape index (κ2) is 8.42. The molecule has 0 saturated carbocycles. The van der Waals surface area contributed by atoms with E-state index in [0.29, 0.717) is 16.5 Å². The maximum absolute atomic E-state index is 12.6. The Morgan fingerprint density at radius 3 is 2.48 bits per heavy atom. The molecule has 150 valence electrons. The Morgan fingerprint density at radius 1 is 1.10 bits per heavy atom. The number of imidazole rings is 1. The zero-order valence-electron chi connectivity index (χ0n) is 15.3. The summed E-state index contributed by atoms with van der Waals surface area (Å²) in [6.07, 6.45) is 0. The van der Waals surface area contributed by atoms with Gasteiger partial charge in [-0.25, -0.2) is 4.79 Å². The van der Waals surface area contributed by atoms with Gasteiger partial charge in [-0.2, -0.15) is 4.98 Å². The number of carbonyl (C=O) groups excluding carboxylic acids is 1. The summed E-state index contributed by atoms with van der Waals surface area (Å²) in [5, 5.41) is 12.7. The van der Waals surface area contributed by atoms with Gasteiger partial charge in [-0.1, -0.05) is 29.3 Å². The van der Waals surface area contributed by atoms with Crippen molar-refractivity contribution in [1.29, 1.82) is 0 Å². The second-order valence-electron chi connectivity index (χ2n) is 5.72. The molecule has 0 aliphatic rings. The van der Waals surface area contributed by atoms with E-state index in [1.807, 2.05) is 0 Å². The van der Waals surface area contributed by atoms with Gasteiger partial charge in [0, 0.05) is 11.1 Å². The van der Waals surface area contributed by atoms with Gasteiger partial charge in [0.15, 0.2) is 11.5 Å². The number of halogens is 2. The monoisotopic (exact) mass is 435 g/mol. The average Bonchev–Trinajstić information content (AvgIpc) is 3.06. The molecular formula is C19H15Cl2N3O5. The van der Waals surface area contributed by atoms with E-state index in [2.05, 4.69) is 10.3 Å². The lowest BCUT2D eigenvalue weighted by molar-refractivity contribution is 0.0688. The molecule has 2 aromatic carbocycles. The molecule has 0 aliphatic carbocycles. The van der Waals surface area contributed by atoms with Crippen molar-refractivity contribution in [3.8, 4) is 17.4 Å². The molecule has 8 nitrogen and oxygen atoms in total. The second-order valence-corrected chi connectivity index (χ2v) is 6.56. The first-order chi connectivity index (χ1) is 13.8. The van der Waals surface area contributed by atoms with Crippen LogP contribution in [0.15, 0.2) is 42.5 Å². The highest BCUT2D eigenvalue weighted by molar-refractivity contribution is 6.37. The van der Waals surface area contributed by atoms with Crippen LogP contribution in [-0.4, -0.2) is 40.8 Å². The highest BCUT2D eigenvalue weighted by Gasteiger charge is 2.27. The van der Waals surface area contributed by atoms with Gasteiger partial charge in [-0.15, -0.1) is 0 Å². The molecule has 0 fully saturated rings. The minimum Gasteiger partial charge on any atom is -0.497 e. The van der Waals surface area contributed by atoms with E-state index in [9.17, 15) is 14.7 Å². The minimum absolute atomic E-state index is 0.0341. The Bertz CT molecular complexity index is 1100. The van der Waals surface area contributed by atoms with Gasteiger partial charge in [-0.3, -0.25) is 9.36 Å². The highest BCUT2D eigenvalue weighted by Crippen LogP contribution is 2.30. The number of carbonyl (C=O) groups is 2. The normalized spacial score (nSPS) is 10.5. The third-order valence-electron chi connectivity index (χ3n) is 3.95. The van der Waals surface area contributed by atoms with E-state index >= 15 is 0 Å². The fourth-order valence-electron chi connectivity index (χ4n) is 2.66. The van der Waals surface area contributed by atoms with Gasteiger partial charge in [-0.05, 0) is 30.3 Å². The lowest BCUT2D eigenvalue weighted by Gasteiger charge is -2.10. The lowest BCUT2D eigenvalue weighted by atomic mass is 10.2. The number of carboxylic acid groups (broad SMARTS) is 1. The Hall–Kier alpha value is -3.23. The number of hydrogen-bond acceptors (Lipinski definition) is 5. The summed E-state index contributed by atoms with van der Waals surface area (Å²) < 4.78 is 11.7. The number of nitrogens with zero attached hydrogens (tertiary/aromatic N) is 2. The fourth-order valence-corrected chi connectivity index (χ4v) is 3.15. The van der Waals surface area contributed by atoms with Crippen LogP contribution >= 0.6 is 23.2 Å². The van der Waals surface area contributed by atoms with Crippen LogP contribution in [0.5, 0.6) is 11.8 Å². The molecule has 3 aromatic rings. The molecule has 2 N–H and O–H groups in total. The fraction of sp³-hybridized carbons (Fsp3) is 0.105. The van der Waals surface area contributed by atoms with Crippen LogP contribution in [0.1, 0.15) is 20.8 Å². The van der Waals surface area contributed by atoms with Gasteiger partial charge in [0.2, 0.25) is 0 Å². The van der Waals surface area contributed by atoms with Crippen LogP contribution in [0.2, 0.25) is 10.0 Å². The quantitative estimate of drug-likeness (QED) is 0.602. The summed E-state index contributed by atoms with van der Waals surface area (Å²) in [5.74, 6) is -1.66. The molecule has 1 amide bonds. The summed E-state index contributed by atoms with van der Waals surface area (Å²) in [5.41, 5.74) is 0.243. The molecule has 0 saturated heterocycles. The SMILES string of the molecule is COc1cccc(-n2c(OC)nc(NC(=O)c3ccc(Cl)cc3Cl)c2C(=O)O)c1. The molecule has 0 spiro atoms. The number of amides is 1. The predicted molar refractivity (Wildman–Crippen MR) is 108 cm³/mol. The van der Waals surface area contributed by atoms with Crippen molar-refractivity contribution in [3.05, 3.63) is 63.8 Å². The number of benzene rings is 2. The number of hydrogen-bond donors (Lipinski definition) is 2. The number of aromatic carboxylic acids is 1. The van der Waals surface area contributed by atoms with Crippen molar-refractivity contribution in [2.24, 2.45) is 0 Å². The highest BCUT2D eigenvalue weighted by atomic mass is 35.5. The molecule has 0 unspecified atom stereocenters. The van der Waals surface area contributed by atoms with Crippen molar-refractivity contribution in [1.82, 2.24) is 9.55 Å². The van der Waals surface area contributed by atoms with Crippen molar-refractivity contribution >= 4 is 40.9 Å². The molecule has 3 rings (SSSR count). The third kappa shape index (κ3) is 4.13. The van der Waals surface area contributed by atoms with Gasteiger partial charge in [0.05, 0.1) is 30.5 Å². The molecule has 29 heavy (non-hydrogen) atoms. The van der Waals surface area contributed by atoms with Crippen molar-refractivity contribution in [2.45, 2.75) is 0 Å². The Labute approximate surface area is 175 Å². The number of methoxy groups -OCH3 is 2. The number of nitrogens with one attached hydrogen (secondary N) is 1. The molecule has 0 aliphatic heterocycles. The Morgan fingerprint density at radius 2 is 1.86 bits per heavy atom. The standard InChI is InChI=1S/C19H15Cl2N3O5/c1-28-12-5-3-4-11(9-12)24-15(18(26)27)16(23-19(24)29-2)22-17(25)13-7-6-10(20)8-14(13)21/h3-9H,1-2H3,(H,22,25)(H,26,27). The summed E-state index contributed by atoms with van der Waals surface area (Å²) in [4.78, 5) is 28.7. The van der Waals surface area contributed by atoms with Crippen LogP contribution < -0.4 is 14.8 Å². The number of anilines is 1. The molecule has 1 aromatic heterocycles. The molecule has 1 heterocycles. The van der Waals surface area contributed by atoms with Crippen LogP contribution in [0.4, 0.5) is 5.82 Å². The molecular weight excluding hydrogens is 421 g/mol. The number of rotatable bonds is 6. The number of aromatic nitrogens is 2. The summed E-state index contributed by atoms with van der Waals surface area (Å²) >= 11 is 11.9. The average molecular weight is 436 g/mol. The largest absolute Gasteiger partial charge is 0.497 e. The minimum atomic E-state index is -1.32. The van der Waals surface area contributed by atoms with Crippen molar-refractivity contribution < 1.29 is 24.2 Å². The molecule has 0 atom stereocenters. The zero-order chi connectivity index (χ0) is 21.1. The van der Waals surface area contributed by atoms with Gasteiger partial charge in [0.25, 0.3) is 5.91 Å². The topological polar surface area (TPSA) is 103 Å². The maximum Gasteiger partial charge on any atom is 0.356 e. The number of carboxylic acids is 1. The zero-order valence-corrected chi connectivity index (χ0v) is 16.8. The van der Waals surface area contributed by atoms with Crippen LogP contribution in [-0.2, 0) is 0 Å². The van der Waals surface area contributed by atoms with Crippen molar-refractivity contribution in [2.75, 3.05) is 19.5 Å². The van der Waals surface area contributed by atoms with E-state index in [4.69, 9.17) is 32.7 Å². The molecule has 0 bridgehead atoms. The van der Waals surface area contributed by atoms with Crippen LogP contribution in [0.3, 0.4) is 0 Å². The Kier molecular flexibility index (Phi) is 5.95. The summed E-state index contributed by atoms with van der Waals surface area (Å²) in [6.45, 7) is 0. The van der Waals surface area contributed by atoms with Gasteiger partial charge < -0.3 is 19.9 Å². The van der Waals surface area contributed by atoms with Gasteiger partial charge >= 0.3 is 12.0 Å². The van der Waals surface area contributed by atoms with E-state index in [-0.39, 0.29) is 28.1 Å². The van der Waals surface area contributed by atoms with E-state index in [0.717, 1.165) is 0 Å². The maximum atomic E-state index is 12.6. The first-order valence-corrected chi connectivity index (χ1v) is 8.92. The van der Waals surface area contributed by atoms with Crippen LogP contribution in [0.25, 0.3) is 5.69 Å².